The fraction of sp³-hybridized carbons (Fsp3) is 0.667. The van der Waals surface area contributed by atoms with E-state index in [4.69, 9.17) is 4.74 Å². The van der Waals surface area contributed by atoms with Gasteiger partial charge in [-0.25, -0.2) is 0 Å². The van der Waals surface area contributed by atoms with Crippen molar-refractivity contribution >= 4 is 5.69 Å². The van der Waals surface area contributed by atoms with Gasteiger partial charge in [-0.05, 0) is 26.0 Å². The average Bonchev–Trinajstić information content (AvgIpc) is 2.47. The van der Waals surface area contributed by atoms with E-state index in [1.165, 1.54) is 5.69 Å². The van der Waals surface area contributed by atoms with Gasteiger partial charge in [0, 0.05) is 50.8 Å². The number of nitrogens with zero attached hydrogens (tertiary/aromatic N) is 3. The Hall–Kier alpha value is -1.17. The number of ether oxygens (including phenoxy) is 1. The Balaban J connectivity index is 1.71. The highest BCUT2D eigenvalue weighted by Gasteiger charge is 2.19. The normalized spacial score (nSPS) is 18.5. The third-order valence-electron chi connectivity index (χ3n) is 3.49. The smallest absolute Gasteiger partial charge is 0.0900 e. The van der Waals surface area contributed by atoms with Crippen molar-refractivity contribution in [2.45, 2.75) is 26.1 Å². The van der Waals surface area contributed by atoms with Crippen LogP contribution < -0.4 is 4.90 Å². The monoisotopic (exact) mass is 279 g/mol. The third kappa shape index (κ3) is 4.74. The van der Waals surface area contributed by atoms with Gasteiger partial charge >= 0.3 is 0 Å². The minimum atomic E-state index is -0.398. The lowest BCUT2D eigenvalue weighted by Crippen LogP contribution is -2.49. The zero-order valence-electron chi connectivity index (χ0n) is 12.4. The van der Waals surface area contributed by atoms with Crippen LogP contribution in [-0.4, -0.2) is 66.5 Å². The first kappa shape index (κ1) is 15.2. The maximum absolute atomic E-state index is 9.94. The van der Waals surface area contributed by atoms with E-state index >= 15 is 0 Å². The van der Waals surface area contributed by atoms with Gasteiger partial charge in [-0.3, -0.25) is 9.88 Å². The Morgan fingerprint density at radius 1 is 1.20 bits per heavy atom. The van der Waals surface area contributed by atoms with E-state index in [2.05, 4.69) is 14.8 Å². The second-order valence-corrected chi connectivity index (χ2v) is 5.53. The molecule has 2 heterocycles. The largest absolute Gasteiger partial charge is 0.389 e. The molecule has 0 spiro atoms. The van der Waals surface area contributed by atoms with Gasteiger partial charge in [0.1, 0.15) is 0 Å². The lowest BCUT2D eigenvalue weighted by Gasteiger charge is -2.36. The highest BCUT2D eigenvalue weighted by atomic mass is 16.5. The second kappa shape index (κ2) is 7.57. The number of aliphatic hydroxyl groups excluding tert-OH is 1. The summed E-state index contributed by atoms with van der Waals surface area (Å²) in [4.78, 5) is 8.70. The first-order chi connectivity index (χ1) is 9.65. The molecule has 0 radical (unpaired) electrons. The first-order valence-electron chi connectivity index (χ1n) is 7.32. The third-order valence-corrected chi connectivity index (χ3v) is 3.49. The lowest BCUT2D eigenvalue weighted by molar-refractivity contribution is -0.00899. The van der Waals surface area contributed by atoms with E-state index in [1.807, 2.05) is 38.4 Å². The van der Waals surface area contributed by atoms with Crippen molar-refractivity contribution < 1.29 is 9.84 Å². The van der Waals surface area contributed by atoms with Crippen LogP contribution in [-0.2, 0) is 4.74 Å². The Labute approximate surface area is 121 Å². The van der Waals surface area contributed by atoms with E-state index < -0.39 is 6.10 Å². The van der Waals surface area contributed by atoms with Gasteiger partial charge in [0.25, 0.3) is 0 Å². The van der Waals surface area contributed by atoms with Crippen molar-refractivity contribution in [3.63, 3.8) is 0 Å². The molecule has 1 aromatic rings. The Kier molecular flexibility index (Phi) is 5.76. The van der Waals surface area contributed by atoms with Crippen LogP contribution in [0.2, 0.25) is 0 Å². The molecule has 5 heteroatoms. The zero-order chi connectivity index (χ0) is 14.4. The molecule has 1 aromatic heterocycles. The lowest BCUT2D eigenvalue weighted by atomic mass is 10.2. The van der Waals surface area contributed by atoms with Gasteiger partial charge in [-0.15, -0.1) is 0 Å². The number of anilines is 1. The summed E-state index contributed by atoms with van der Waals surface area (Å²) in [5.74, 6) is 0. The molecule has 0 aromatic carbocycles. The van der Waals surface area contributed by atoms with Crippen molar-refractivity contribution in [2.75, 3.05) is 44.2 Å². The molecule has 1 aliphatic rings. The number of piperazine rings is 1. The van der Waals surface area contributed by atoms with Crippen molar-refractivity contribution in [2.24, 2.45) is 0 Å². The fourth-order valence-electron chi connectivity index (χ4n) is 2.40. The molecule has 0 bridgehead atoms. The summed E-state index contributed by atoms with van der Waals surface area (Å²) < 4.78 is 5.44. The molecule has 2 rings (SSSR count). The molecule has 0 saturated carbocycles. The maximum Gasteiger partial charge on any atom is 0.0900 e. The molecule has 5 nitrogen and oxygen atoms in total. The minimum Gasteiger partial charge on any atom is -0.389 e. The summed E-state index contributed by atoms with van der Waals surface area (Å²) in [6.07, 6.45) is 3.43. The molecule has 1 aliphatic heterocycles. The van der Waals surface area contributed by atoms with Crippen LogP contribution in [0.5, 0.6) is 0 Å². The summed E-state index contributed by atoms with van der Waals surface area (Å²) in [6, 6.07) is 4.09. The van der Waals surface area contributed by atoms with E-state index in [1.54, 1.807) is 0 Å². The number of β-amino-alcohol motifs (C(OH)–C–C–N with tert-alkyl or cyclic N) is 1. The molecule has 112 valence electrons. The summed E-state index contributed by atoms with van der Waals surface area (Å²) in [5.41, 5.74) is 1.23. The molecule has 0 unspecified atom stereocenters. The molecule has 1 N–H and O–H groups in total. The van der Waals surface area contributed by atoms with Crippen molar-refractivity contribution in [3.05, 3.63) is 24.5 Å². The number of aromatic nitrogens is 1. The van der Waals surface area contributed by atoms with Gasteiger partial charge in [0.15, 0.2) is 0 Å². The molecule has 20 heavy (non-hydrogen) atoms. The highest BCUT2D eigenvalue weighted by Crippen LogP contribution is 2.14. The summed E-state index contributed by atoms with van der Waals surface area (Å²) >= 11 is 0. The van der Waals surface area contributed by atoms with Crippen LogP contribution in [0.3, 0.4) is 0 Å². The van der Waals surface area contributed by atoms with Crippen LogP contribution in [0, 0.1) is 0 Å². The number of hydrogen-bond acceptors (Lipinski definition) is 5. The van der Waals surface area contributed by atoms with E-state index in [0.29, 0.717) is 13.2 Å². The number of pyridine rings is 1. The Morgan fingerprint density at radius 2 is 1.85 bits per heavy atom. The van der Waals surface area contributed by atoms with Crippen LogP contribution in [0.4, 0.5) is 5.69 Å². The van der Waals surface area contributed by atoms with Crippen molar-refractivity contribution in [1.29, 1.82) is 0 Å². The van der Waals surface area contributed by atoms with Gasteiger partial charge < -0.3 is 14.7 Å². The average molecular weight is 279 g/mol. The standard InChI is InChI=1S/C15H25N3O2/c1-13(2)20-12-15(19)11-17-7-9-18(10-8-17)14-3-5-16-6-4-14/h3-6,13,15,19H,7-12H2,1-2H3/t15-/m1/s1. The van der Waals surface area contributed by atoms with Crippen molar-refractivity contribution in [3.8, 4) is 0 Å². The van der Waals surface area contributed by atoms with Gasteiger partial charge in [-0.2, -0.15) is 0 Å². The molecular formula is C15H25N3O2. The number of hydrogen-bond donors (Lipinski definition) is 1. The zero-order valence-corrected chi connectivity index (χ0v) is 12.4. The number of aliphatic hydroxyl groups is 1. The molecule has 0 aliphatic carbocycles. The number of rotatable bonds is 6. The molecular weight excluding hydrogens is 254 g/mol. The Morgan fingerprint density at radius 3 is 2.45 bits per heavy atom. The van der Waals surface area contributed by atoms with Crippen molar-refractivity contribution in [1.82, 2.24) is 9.88 Å². The van der Waals surface area contributed by atoms with Crippen LogP contribution in [0.15, 0.2) is 24.5 Å². The van der Waals surface area contributed by atoms with E-state index in [9.17, 15) is 5.11 Å². The van der Waals surface area contributed by atoms with Gasteiger partial charge in [0.05, 0.1) is 18.8 Å². The van der Waals surface area contributed by atoms with E-state index in [-0.39, 0.29) is 6.10 Å². The molecule has 1 saturated heterocycles. The van der Waals surface area contributed by atoms with Gasteiger partial charge in [0.2, 0.25) is 0 Å². The predicted octanol–water partition coefficient (Wildman–Crippen LogP) is 0.989. The topological polar surface area (TPSA) is 48.8 Å². The van der Waals surface area contributed by atoms with Crippen LogP contribution in [0.1, 0.15) is 13.8 Å². The summed E-state index contributed by atoms with van der Waals surface area (Å²) in [6.45, 7) is 9.01. The highest BCUT2D eigenvalue weighted by molar-refractivity contribution is 5.44. The summed E-state index contributed by atoms with van der Waals surface area (Å²) in [7, 11) is 0. The fourth-order valence-corrected chi connectivity index (χ4v) is 2.40. The van der Waals surface area contributed by atoms with E-state index in [0.717, 1.165) is 26.2 Å². The van der Waals surface area contributed by atoms with Gasteiger partial charge in [-0.1, -0.05) is 0 Å². The molecule has 1 atom stereocenters. The van der Waals surface area contributed by atoms with Crippen LogP contribution >= 0.6 is 0 Å². The Bertz CT molecular complexity index is 378. The quantitative estimate of drug-likeness (QED) is 0.841. The second-order valence-electron chi connectivity index (χ2n) is 5.53. The molecule has 1 fully saturated rings. The maximum atomic E-state index is 9.94. The van der Waals surface area contributed by atoms with Crippen LogP contribution in [0.25, 0.3) is 0 Å². The predicted molar refractivity (Wildman–Crippen MR) is 80.0 cm³/mol. The molecule has 0 amide bonds. The first-order valence-corrected chi connectivity index (χ1v) is 7.32. The minimum absolute atomic E-state index is 0.174. The summed E-state index contributed by atoms with van der Waals surface area (Å²) in [5, 5.41) is 9.94. The SMILES string of the molecule is CC(C)OC[C@H](O)CN1CCN(c2ccncc2)CC1.